The summed E-state index contributed by atoms with van der Waals surface area (Å²) in [5.74, 6) is 0.803. The van der Waals surface area contributed by atoms with Gasteiger partial charge in [-0.1, -0.05) is 27.7 Å². The van der Waals surface area contributed by atoms with Gasteiger partial charge in [-0.3, -0.25) is 0 Å². The van der Waals surface area contributed by atoms with Crippen molar-refractivity contribution in [3.8, 4) is 0 Å². The van der Waals surface area contributed by atoms with Crippen LogP contribution >= 0.6 is 0 Å². The Hall–Kier alpha value is -1.58. The van der Waals surface area contributed by atoms with Crippen LogP contribution in [0.25, 0.3) is 5.65 Å². The zero-order chi connectivity index (χ0) is 11.7. The summed E-state index contributed by atoms with van der Waals surface area (Å²) in [7, 11) is 1.83. The van der Waals surface area contributed by atoms with Gasteiger partial charge in [0.2, 0.25) is 0 Å². The monoisotopic (exact) mass is 208 g/mol. The van der Waals surface area contributed by atoms with E-state index in [4.69, 9.17) is 0 Å². The fourth-order valence-corrected chi connectivity index (χ4v) is 1.03. The summed E-state index contributed by atoms with van der Waals surface area (Å²) in [6.07, 6.45) is 7.24. The van der Waals surface area contributed by atoms with E-state index in [1.54, 1.807) is 12.4 Å². The van der Waals surface area contributed by atoms with Crippen LogP contribution in [0.5, 0.6) is 0 Å². The number of nitrogens with one attached hydrogen (secondary N) is 1. The second-order valence-corrected chi connectivity index (χ2v) is 2.18. The molecule has 0 radical (unpaired) electrons. The average molecular weight is 208 g/mol. The molecule has 4 nitrogen and oxygen atoms in total. The molecule has 0 aliphatic carbocycles. The lowest BCUT2D eigenvalue weighted by Gasteiger charge is -1.98. The Morgan fingerprint density at radius 1 is 1.00 bits per heavy atom. The quantitative estimate of drug-likeness (QED) is 0.783. The topological polar surface area (TPSA) is 42.2 Å². The minimum atomic E-state index is 0.803. The van der Waals surface area contributed by atoms with Gasteiger partial charge in [-0.25, -0.2) is 9.97 Å². The van der Waals surface area contributed by atoms with Crippen molar-refractivity contribution in [2.24, 2.45) is 0 Å². The van der Waals surface area contributed by atoms with Crippen LogP contribution in [0.15, 0.2) is 24.8 Å². The molecule has 0 saturated heterocycles. The van der Waals surface area contributed by atoms with Crippen LogP contribution in [0.4, 0.5) is 5.82 Å². The van der Waals surface area contributed by atoms with Gasteiger partial charge in [0.05, 0.1) is 0 Å². The van der Waals surface area contributed by atoms with Crippen molar-refractivity contribution in [3.63, 3.8) is 0 Å². The molecule has 0 fully saturated rings. The third-order valence-corrected chi connectivity index (χ3v) is 1.55. The van der Waals surface area contributed by atoms with Crippen molar-refractivity contribution < 1.29 is 0 Å². The number of anilines is 1. The number of rotatable bonds is 1. The molecule has 0 saturated carbocycles. The summed E-state index contributed by atoms with van der Waals surface area (Å²) in [4.78, 5) is 8.23. The number of fused-ring (bicyclic) bond motifs is 1. The van der Waals surface area contributed by atoms with Crippen molar-refractivity contribution in [2.45, 2.75) is 27.7 Å². The Morgan fingerprint density at radius 2 is 1.53 bits per heavy atom. The van der Waals surface area contributed by atoms with Crippen LogP contribution in [-0.2, 0) is 0 Å². The van der Waals surface area contributed by atoms with Gasteiger partial charge in [0.15, 0.2) is 11.5 Å². The number of aromatic nitrogens is 3. The van der Waals surface area contributed by atoms with E-state index in [1.807, 2.05) is 51.5 Å². The Bertz CT molecular complexity index is 367. The molecule has 4 heteroatoms. The molecule has 0 aliphatic heterocycles. The highest BCUT2D eigenvalue weighted by Crippen LogP contribution is 2.08. The van der Waals surface area contributed by atoms with Crippen LogP contribution in [0.2, 0.25) is 0 Å². The maximum absolute atomic E-state index is 4.13. The van der Waals surface area contributed by atoms with Gasteiger partial charge >= 0.3 is 0 Å². The zero-order valence-electron chi connectivity index (χ0n) is 10.2. The Morgan fingerprint density at radius 3 is 2.07 bits per heavy atom. The second kappa shape index (κ2) is 7.79. The van der Waals surface area contributed by atoms with Crippen molar-refractivity contribution in [3.05, 3.63) is 24.8 Å². The molecular formula is C11H20N4. The standard InChI is InChI=1S/C7H8N4.2C2H6/c1-8-6-7-10-3-5-11(7)4-2-9-6;2*1-2/h2-5H,1H3,(H,8,9);2*1-2H3. The highest BCUT2D eigenvalue weighted by molar-refractivity contribution is 5.61. The van der Waals surface area contributed by atoms with E-state index in [-0.39, 0.29) is 0 Å². The molecule has 84 valence electrons. The van der Waals surface area contributed by atoms with Gasteiger partial charge in [0.25, 0.3) is 0 Å². The molecule has 0 amide bonds. The van der Waals surface area contributed by atoms with Crippen LogP contribution in [0.1, 0.15) is 27.7 Å². The smallest absolute Gasteiger partial charge is 0.180 e. The van der Waals surface area contributed by atoms with Crippen LogP contribution in [0.3, 0.4) is 0 Å². The first kappa shape index (κ1) is 13.4. The van der Waals surface area contributed by atoms with Gasteiger partial charge in [0.1, 0.15) is 0 Å². The van der Waals surface area contributed by atoms with E-state index >= 15 is 0 Å². The van der Waals surface area contributed by atoms with Crippen molar-refractivity contribution >= 4 is 11.5 Å². The molecule has 0 unspecified atom stereocenters. The number of nitrogens with zero attached hydrogens (tertiary/aromatic N) is 3. The van der Waals surface area contributed by atoms with Crippen LogP contribution < -0.4 is 5.32 Å². The fourth-order valence-electron chi connectivity index (χ4n) is 1.03. The summed E-state index contributed by atoms with van der Waals surface area (Å²) in [5, 5.41) is 2.96. The summed E-state index contributed by atoms with van der Waals surface area (Å²) in [6, 6.07) is 0. The molecule has 0 atom stereocenters. The van der Waals surface area contributed by atoms with E-state index in [0.29, 0.717) is 0 Å². The van der Waals surface area contributed by atoms with Crippen molar-refractivity contribution in [1.29, 1.82) is 0 Å². The molecular weight excluding hydrogens is 188 g/mol. The van der Waals surface area contributed by atoms with Crippen LogP contribution in [-0.4, -0.2) is 21.4 Å². The third-order valence-electron chi connectivity index (χ3n) is 1.55. The van der Waals surface area contributed by atoms with Gasteiger partial charge in [-0.05, 0) is 0 Å². The molecule has 15 heavy (non-hydrogen) atoms. The normalized spacial score (nSPS) is 8.33. The van der Waals surface area contributed by atoms with E-state index in [0.717, 1.165) is 11.5 Å². The number of imidazole rings is 1. The van der Waals surface area contributed by atoms with E-state index in [9.17, 15) is 0 Å². The lowest BCUT2D eigenvalue weighted by molar-refractivity contribution is 1.12. The maximum Gasteiger partial charge on any atom is 0.180 e. The van der Waals surface area contributed by atoms with E-state index < -0.39 is 0 Å². The second-order valence-electron chi connectivity index (χ2n) is 2.18. The number of hydrogen-bond donors (Lipinski definition) is 1. The first-order chi connectivity index (χ1) is 7.42. The molecule has 0 spiro atoms. The predicted octanol–water partition coefficient (Wildman–Crippen LogP) is 2.82. The van der Waals surface area contributed by atoms with Gasteiger partial charge in [-0.15, -0.1) is 0 Å². The molecule has 0 aromatic carbocycles. The van der Waals surface area contributed by atoms with Gasteiger partial charge in [-0.2, -0.15) is 0 Å². The highest BCUT2D eigenvalue weighted by Gasteiger charge is 1.98. The van der Waals surface area contributed by atoms with E-state index in [1.165, 1.54) is 0 Å². The van der Waals surface area contributed by atoms with Crippen LogP contribution in [0, 0.1) is 0 Å². The first-order valence-corrected chi connectivity index (χ1v) is 5.37. The number of hydrogen-bond acceptors (Lipinski definition) is 3. The van der Waals surface area contributed by atoms with Crippen molar-refractivity contribution in [1.82, 2.24) is 14.4 Å². The molecule has 0 aliphatic rings. The minimum absolute atomic E-state index is 0.803. The predicted molar refractivity (Wildman–Crippen MR) is 65.2 cm³/mol. The lowest BCUT2D eigenvalue weighted by Crippen LogP contribution is -1.95. The summed E-state index contributed by atoms with van der Waals surface area (Å²) in [6.45, 7) is 8.00. The molecule has 0 bridgehead atoms. The average Bonchev–Trinajstić information content (AvgIpc) is 2.82. The molecule has 2 rings (SSSR count). The van der Waals surface area contributed by atoms with E-state index in [2.05, 4.69) is 15.3 Å². The summed E-state index contributed by atoms with van der Waals surface area (Å²) in [5.41, 5.74) is 0.856. The lowest BCUT2D eigenvalue weighted by atomic mass is 10.6. The van der Waals surface area contributed by atoms with Gasteiger partial charge < -0.3 is 9.72 Å². The maximum atomic E-state index is 4.13. The minimum Gasteiger partial charge on any atom is -0.370 e. The molecule has 2 aromatic heterocycles. The Balaban J connectivity index is 0.000000442. The summed E-state index contributed by atoms with van der Waals surface area (Å²) >= 11 is 0. The van der Waals surface area contributed by atoms with Crippen molar-refractivity contribution in [2.75, 3.05) is 12.4 Å². The van der Waals surface area contributed by atoms with Gasteiger partial charge in [0, 0.05) is 31.8 Å². The highest BCUT2D eigenvalue weighted by atomic mass is 15.1. The first-order valence-electron chi connectivity index (χ1n) is 5.37. The molecule has 2 aromatic rings. The molecule has 1 N–H and O–H groups in total. The zero-order valence-corrected chi connectivity index (χ0v) is 10.2. The molecule has 2 heterocycles. The largest absolute Gasteiger partial charge is 0.370 e. The SMILES string of the molecule is CC.CC.CNc1nccn2ccnc12. The summed E-state index contributed by atoms with van der Waals surface area (Å²) < 4.78 is 1.92. The Kier molecular flexibility index (Phi) is 6.97. The Labute approximate surface area is 91.4 Å². The third kappa shape index (κ3) is 3.23. The fraction of sp³-hybridized carbons (Fsp3) is 0.455.